The highest BCUT2D eigenvalue weighted by Crippen LogP contribution is 2.21. The lowest BCUT2D eigenvalue weighted by Crippen LogP contribution is -2.40. The van der Waals surface area contributed by atoms with E-state index < -0.39 is 0 Å². The summed E-state index contributed by atoms with van der Waals surface area (Å²) in [5.74, 6) is 0.769. The van der Waals surface area contributed by atoms with Gasteiger partial charge in [-0.2, -0.15) is 0 Å². The van der Waals surface area contributed by atoms with E-state index in [2.05, 4.69) is 30.9 Å². The Kier molecular flexibility index (Phi) is 5.15. The zero-order valence-corrected chi connectivity index (χ0v) is 12.1. The summed E-state index contributed by atoms with van der Waals surface area (Å²) in [6.45, 7) is 6.63. The molecule has 1 saturated heterocycles. The molecule has 2 rings (SSSR count). The summed E-state index contributed by atoms with van der Waals surface area (Å²) < 4.78 is 0. The van der Waals surface area contributed by atoms with Crippen LogP contribution in [0.5, 0.6) is 0 Å². The van der Waals surface area contributed by atoms with Crippen molar-refractivity contribution in [3.8, 4) is 0 Å². The minimum absolute atomic E-state index is 0.304. The van der Waals surface area contributed by atoms with E-state index >= 15 is 0 Å². The van der Waals surface area contributed by atoms with Gasteiger partial charge in [-0.3, -0.25) is 4.79 Å². The number of carbonyl (C=O) groups excluding carboxylic acids is 1. The van der Waals surface area contributed by atoms with Crippen LogP contribution in [0, 0.1) is 5.92 Å². The first-order chi connectivity index (χ1) is 9.16. The van der Waals surface area contributed by atoms with Gasteiger partial charge in [0.2, 0.25) is 0 Å². The van der Waals surface area contributed by atoms with E-state index in [0.717, 1.165) is 32.4 Å². The maximum atomic E-state index is 12.2. The van der Waals surface area contributed by atoms with Crippen LogP contribution in [0.4, 0.5) is 0 Å². The van der Waals surface area contributed by atoms with Gasteiger partial charge in [0.05, 0.1) is 0 Å². The first kappa shape index (κ1) is 14.3. The van der Waals surface area contributed by atoms with Crippen LogP contribution in [-0.4, -0.2) is 29.8 Å². The van der Waals surface area contributed by atoms with Crippen molar-refractivity contribution >= 4 is 5.78 Å². The van der Waals surface area contributed by atoms with E-state index in [0.29, 0.717) is 24.2 Å². The van der Waals surface area contributed by atoms with E-state index in [-0.39, 0.29) is 0 Å². The number of nitrogens with zero attached hydrogens (tertiary/aromatic N) is 1. The Morgan fingerprint density at radius 3 is 2.42 bits per heavy atom. The molecule has 0 amide bonds. The van der Waals surface area contributed by atoms with Gasteiger partial charge in [0.25, 0.3) is 0 Å². The Morgan fingerprint density at radius 2 is 1.84 bits per heavy atom. The third kappa shape index (κ3) is 4.17. The van der Waals surface area contributed by atoms with E-state index in [4.69, 9.17) is 0 Å². The molecule has 0 spiro atoms. The molecular weight excluding hydrogens is 234 g/mol. The van der Waals surface area contributed by atoms with Gasteiger partial charge in [-0.25, -0.2) is 0 Å². The molecule has 1 aromatic rings. The molecule has 0 radical (unpaired) electrons. The lowest BCUT2D eigenvalue weighted by atomic mass is 9.89. The predicted molar refractivity (Wildman–Crippen MR) is 79.2 cm³/mol. The Morgan fingerprint density at radius 1 is 1.21 bits per heavy atom. The van der Waals surface area contributed by atoms with Crippen LogP contribution < -0.4 is 0 Å². The number of piperidine rings is 1. The van der Waals surface area contributed by atoms with Gasteiger partial charge in [0.1, 0.15) is 5.78 Å². The minimum Gasteiger partial charge on any atom is -0.301 e. The average molecular weight is 259 g/mol. The second kappa shape index (κ2) is 6.85. The molecule has 1 aliphatic rings. The molecule has 0 bridgehead atoms. The van der Waals surface area contributed by atoms with Crippen molar-refractivity contribution in [1.29, 1.82) is 0 Å². The van der Waals surface area contributed by atoms with Crippen molar-refractivity contribution in [2.75, 3.05) is 13.1 Å². The van der Waals surface area contributed by atoms with Crippen molar-refractivity contribution < 1.29 is 4.79 Å². The van der Waals surface area contributed by atoms with Crippen LogP contribution in [0.2, 0.25) is 0 Å². The monoisotopic (exact) mass is 259 g/mol. The minimum atomic E-state index is 0.304. The molecule has 0 aromatic heterocycles. The second-order valence-corrected chi connectivity index (χ2v) is 5.86. The van der Waals surface area contributed by atoms with Gasteiger partial charge in [-0.1, -0.05) is 30.3 Å². The quantitative estimate of drug-likeness (QED) is 0.808. The van der Waals surface area contributed by atoms with Gasteiger partial charge in [0.15, 0.2) is 0 Å². The topological polar surface area (TPSA) is 20.3 Å². The molecule has 0 aliphatic carbocycles. The van der Waals surface area contributed by atoms with Crippen molar-refractivity contribution in [1.82, 2.24) is 4.90 Å². The third-order valence-corrected chi connectivity index (χ3v) is 4.22. The van der Waals surface area contributed by atoms with Crippen LogP contribution in [0.15, 0.2) is 30.3 Å². The fourth-order valence-corrected chi connectivity index (χ4v) is 2.85. The highest BCUT2D eigenvalue weighted by molar-refractivity contribution is 5.81. The van der Waals surface area contributed by atoms with Gasteiger partial charge in [0, 0.05) is 18.4 Å². The summed E-state index contributed by atoms with van der Waals surface area (Å²) in [6, 6.07) is 10.9. The number of likely N-dealkylation sites (tertiary alicyclic amines) is 1. The molecule has 1 aliphatic heterocycles. The summed E-state index contributed by atoms with van der Waals surface area (Å²) >= 11 is 0. The molecular formula is C17H25NO. The van der Waals surface area contributed by atoms with Crippen LogP contribution in [-0.2, 0) is 11.2 Å². The molecule has 0 atom stereocenters. The van der Waals surface area contributed by atoms with Gasteiger partial charge in [-0.05, 0) is 51.8 Å². The molecule has 1 aromatic carbocycles. The van der Waals surface area contributed by atoms with E-state index in [1.807, 2.05) is 18.2 Å². The number of hydrogen-bond donors (Lipinski definition) is 0. The van der Waals surface area contributed by atoms with Crippen molar-refractivity contribution in [2.24, 2.45) is 5.92 Å². The number of hydrogen-bond acceptors (Lipinski definition) is 2. The Balaban J connectivity index is 1.76. The second-order valence-electron chi connectivity index (χ2n) is 5.86. The van der Waals surface area contributed by atoms with Gasteiger partial charge >= 0.3 is 0 Å². The zero-order valence-electron chi connectivity index (χ0n) is 12.1. The molecule has 1 fully saturated rings. The molecule has 0 N–H and O–H groups in total. The number of rotatable bonds is 5. The molecule has 104 valence electrons. The largest absolute Gasteiger partial charge is 0.301 e. The molecule has 19 heavy (non-hydrogen) atoms. The number of carbonyl (C=O) groups is 1. The third-order valence-electron chi connectivity index (χ3n) is 4.22. The molecule has 2 nitrogen and oxygen atoms in total. The Bertz CT molecular complexity index is 391. The fraction of sp³-hybridized carbons (Fsp3) is 0.588. The SMILES string of the molecule is CC(C)N1CCC(C(=O)CCc2ccccc2)CC1. The summed E-state index contributed by atoms with van der Waals surface area (Å²) in [7, 11) is 0. The average Bonchev–Trinajstić information content (AvgIpc) is 2.46. The molecule has 1 heterocycles. The van der Waals surface area contributed by atoms with Crippen LogP contribution in [0.25, 0.3) is 0 Å². The number of ketones is 1. The first-order valence-electron chi connectivity index (χ1n) is 7.47. The van der Waals surface area contributed by atoms with Crippen molar-refractivity contribution in [3.05, 3.63) is 35.9 Å². The standard InChI is InChI=1S/C17H25NO/c1-14(2)18-12-10-16(11-13-18)17(19)9-8-15-6-4-3-5-7-15/h3-7,14,16H,8-13H2,1-2H3. The normalized spacial score (nSPS) is 17.8. The molecule has 0 unspecified atom stereocenters. The zero-order chi connectivity index (χ0) is 13.7. The van der Waals surface area contributed by atoms with Crippen LogP contribution >= 0.6 is 0 Å². The molecule has 0 saturated carbocycles. The van der Waals surface area contributed by atoms with E-state index in [9.17, 15) is 4.79 Å². The first-order valence-corrected chi connectivity index (χ1v) is 7.47. The van der Waals surface area contributed by atoms with Crippen LogP contribution in [0.3, 0.4) is 0 Å². The summed E-state index contributed by atoms with van der Waals surface area (Å²) in [5.41, 5.74) is 1.27. The number of aryl methyl sites for hydroxylation is 1. The summed E-state index contributed by atoms with van der Waals surface area (Å²) in [4.78, 5) is 14.7. The maximum absolute atomic E-state index is 12.2. The summed E-state index contributed by atoms with van der Waals surface area (Å²) in [5, 5.41) is 0. The molecule has 2 heteroatoms. The number of Topliss-reactive ketones (excluding diaryl/α,β-unsaturated/α-hetero) is 1. The summed E-state index contributed by atoms with van der Waals surface area (Å²) in [6.07, 6.45) is 3.69. The fourth-order valence-electron chi connectivity index (χ4n) is 2.85. The Hall–Kier alpha value is -1.15. The van der Waals surface area contributed by atoms with Crippen molar-refractivity contribution in [3.63, 3.8) is 0 Å². The maximum Gasteiger partial charge on any atom is 0.136 e. The van der Waals surface area contributed by atoms with Gasteiger partial charge < -0.3 is 4.90 Å². The van der Waals surface area contributed by atoms with E-state index in [1.165, 1.54) is 5.56 Å². The van der Waals surface area contributed by atoms with Crippen LogP contribution in [0.1, 0.15) is 38.7 Å². The lowest BCUT2D eigenvalue weighted by molar-refractivity contribution is -0.124. The highest BCUT2D eigenvalue weighted by atomic mass is 16.1. The lowest BCUT2D eigenvalue weighted by Gasteiger charge is -2.34. The number of benzene rings is 1. The smallest absolute Gasteiger partial charge is 0.136 e. The van der Waals surface area contributed by atoms with Gasteiger partial charge in [-0.15, -0.1) is 0 Å². The van der Waals surface area contributed by atoms with Crippen molar-refractivity contribution in [2.45, 2.75) is 45.6 Å². The predicted octanol–water partition coefficient (Wildman–Crippen LogP) is 3.31. The highest BCUT2D eigenvalue weighted by Gasteiger charge is 2.25. The van der Waals surface area contributed by atoms with E-state index in [1.54, 1.807) is 0 Å². The Labute approximate surface area is 116 Å².